The minimum absolute atomic E-state index is 0.00971. The highest BCUT2D eigenvalue weighted by Crippen LogP contribution is 2.61. The number of carbonyl (C=O) groups excluding carboxylic acids is 5. The number of halogens is 1. The summed E-state index contributed by atoms with van der Waals surface area (Å²) in [5.41, 5.74) is 3.88. The van der Waals surface area contributed by atoms with E-state index < -0.39 is 64.6 Å². The molecule has 4 aliphatic rings. The van der Waals surface area contributed by atoms with E-state index in [0.29, 0.717) is 0 Å². The lowest BCUT2D eigenvalue weighted by Crippen LogP contribution is -2.52. The predicted octanol–water partition coefficient (Wildman–Crippen LogP) is 6.60. The summed E-state index contributed by atoms with van der Waals surface area (Å²) in [4.78, 5) is 80.2. The van der Waals surface area contributed by atoms with E-state index in [1.165, 1.54) is 60.7 Å². The van der Waals surface area contributed by atoms with Gasteiger partial charge in [-0.3, -0.25) is 29.3 Å². The fraction of sp³-hybridized carbons (Fsp3) is 0.125. The Morgan fingerprint density at radius 2 is 1.17 bits per heavy atom. The van der Waals surface area contributed by atoms with E-state index in [0.717, 1.165) is 32.3 Å². The standard InChI is InChI=1S/C40H26ClN3O8/c41-31-12-6-5-11-30(31)37(46)42(21-32(45)22-15-19-25(20-16-22)52-40(49)23-13-17-24(18-14-23)44(50)51)43-38(47)35-33-26-7-1-2-8-27(26)34(36(35)39(43)48)29-10-4-3-9-28(29)33/h1-20,33-36H,21H2/t33?,34?,35-,36+. The monoisotopic (exact) mass is 711 g/mol. The predicted molar refractivity (Wildman–Crippen MR) is 187 cm³/mol. The number of non-ortho nitro benzene ring substituents is 1. The molecule has 0 saturated carbocycles. The van der Waals surface area contributed by atoms with E-state index in [1.807, 2.05) is 48.5 Å². The SMILES string of the molecule is O=C(CN(C(=O)c1ccccc1Cl)N1C(=O)[C@@H]2C3c4ccccc4C(c4ccccc43)[C@@H]2C1=O)c1ccc(OC(=O)c2ccc([N+](=O)[O-])cc2)cc1. The number of Topliss-reactive ketones (excluding diaryl/α,β-unsaturated/α-hetero) is 1. The quantitative estimate of drug-likeness (QED) is 0.0437. The molecule has 1 fully saturated rings. The van der Waals surface area contributed by atoms with E-state index in [-0.39, 0.29) is 33.1 Å². The Bertz CT molecular complexity index is 2230. The first-order valence-electron chi connectivity index (χ1n) is 16.4. The molecule has 52 heavy (non-hydrogen) atoms. The molecule has 9 rings (SSSR count). The highest BCUT2D eigenvalue weighted by Gasteiger charge is 2.63. The summed E-state index contributed by atoms with van der Waals surface area (Å²) in [6, 6.07) is 32.2. The first-order chi connectivity index (χ1) is 25.1. The third-order valence-electron chi connectivity index (χ3n) is 10.00. The van der Waals surface area contributed by atoms with Crippen molar-refractivity contribution in [2.45, 2.75) is 11.8 Å². The Morgan fingerprint density at radius 1 is 0.692 bits per heavy atom. The molecule has 1 heterocycles. The van der Waals surface area contributed by atoms with Crippen LogP contribution in [-0.2, 0) is 9.59 Å². The van der Waals surface area contributed by atoms with Crippen molar-refractivity contribution in [2.75, 3.05) is 6.54 Å². The third-order valence-corrected chi connectivity index (χ3v) is 10.3. The number of rotatable bonds is 8. The van der Waals surface area contributed by atoms with Gasteiger partial charge < -0.3 is 4.74 Å². The van der Waals surface area contributed by atoms with Crippen molar-refractivity contribution in [1.82, 2.24) is 10.0 Å². The van der Waals surface area contributed by atoms with E-state index in [9.17, 15) is 34.1 Å². The fourth-order valence-corrected chi connectivity index (χ4v) is 7.94. The zero-order valence-corrected chi connectivity index (χ0v) is 27.8. The highest BCUT2D eigenvalue weighted by atomic mass is 35.5. The lowest BCUT2D eigenvalue weighted by Gasteiger charge is -2.45. The number of carbonyl (C=O) groups is 5. The number of amides is 3. The van der Waals surface area contributed by atoms with E-state index >= 15 is 0 Å². The Balaban J connectivity index is 1.10. The molecular weight excluding hydrogens is 686 g/mol. The minimum Gasteiger partial charge on any atom is -0.423 e. The number of hydrogen-bond acceptors (Lipinski definition) is 8. The second kappa shape index (κ2) is 12.7. The van der Waals surface area contributed by atoms with E-state index in [2.05, 4.69) is 0 Å². The number of ether oxygens (including phenoxy) is 1. The fourth-order valence-electron chi connectivity index (χ4n) is 7.73. The van der Waals surface area contributed by atoms with E-state index in [4.69, 9.17) is 16.3 Å². The van der Waals surface area contributed by atoms with Crippen LogP contribution in [0.3, 0.4) is 0 Å². The number of benzene rings is 5. The van der Waals surface area contributed by atoms with Gasteiger partial charge in [-0.15, -0.1) is 0 Å². The van der Waals surface area contributed by atoms with Gasteiger partial charge in [-0.25, -0.2) is 9.80 Å². The number of ketones is 1. The van der Waals surface area contributed by atoms with Crippen LogP contribution in [0.5, 0.6) is 5.75 Å². The minimum atomic E-state index is -0.796. The zero-order chi connectivity index (χ0) is 36.3. The summed E-state index contributed by atoms with van der Waals surface area (Å²) >= 11 is 6.43. The highest BCUT2D eigenvalue weighted by molar-refractivity contribution is 6.34. The van der Waals surface area contributed by atoms with Crippen LogP contribution in [0.2, 0.25) is 5.02 Å². The third kappa shape index (κ3) is 5.25. The van der Waals surface area contributed by atoms with Crippen molar-refractivity contribution in [2.24, 2.45) is 11.8 Å². The van der Waals surface area contributed by atoms with Gasteiger partial charge in [0.2, 0.25) is 0 Å². The maximum atomic E-state index is 14.5. The summed E-state index contributed by atoms with van der Waals surface area (Å²) in [5, 5.41) is 12.7. The van der Waals surface area contributed by atoms with Crippen molar-refractivity contribution < 1.29 is 33.6 Å². The van der Waals surface area contributed by atoms with Crippen LogP contribution in [0, 0.1) is 22.0 Å². The first kappa shape index (κ1) is 32.7. The van der Waals surface area contributed by atoms with Gasteiger partial charge in [-0.05, 0) is 70.8 Å². The van der Waals surface area contributed by atoms with Crippen LogP contribution in [0.25, 0.3) is 0 Å². The molecular formula is C40H26ClN3O8. The summed E-state index contributed by atoms with van der Waals surface area (Å²) in [6.07, 6.45) is 0. The van der Waals surface area contributed by atoms with Crippen LogP contribution in [0.1, 0.15) is 65.2 Å². The Kier molecular flexibility index (Phi) is 7.99. The molecule has 2 atom stereocenters. The molecule has 5 aromatic carbocycles. The Morgan fingerprint density at radius 3 is 1.67 bits per heavy atom. The van der Waals surface area contributed by atoms with Gasteiger partial charge in [0.05, 0.1) is 32.9 Å². The smallest absolute Gasteiger partial charge is 0.343 e. The van der Waals surface area contributed by atoms with Crippen LogP contribution in [-0.4, -0.2) is 51.0 Å². The molecule has 1 aliphatic heterocycles. The Labute approximate surface area is 301 Å². The number of esters is 1. The van der Waals surface area contributed by atoms with Gasteiger partial charge in [0.15, 0.2) is 5.78 Å². The summed E-state index contributed by atoms with van der Waals surface area (Å²) in [7, 11) is 0. The van der Waals surface area contributed by atoms with Crippen molar-refractivity contribution in [3.8, 4) is 5.75 Å². The number of nitrogens with zero attached hydrogens (tertiary/aromatic N) is 3. The maximum absolute atomic E-state index is 14.5. The average Bonchev–Trinajstić information content (AvgIpc) is 3.43. The number of nitro groups is 1. The molecule has 3 aliphatic carbocycles. The Hall–Kier alpha value is -6.46. The van der Waals surface area contributed by atoms with Crippen molar-refractivity contribution in [3.05, 3.63) is 175 Å². The van der Waals surface area contributed by atoms with Crippen LogP contribution in [0.4, 0.5) is 5.69 Å². The molecule has 3 amide bonds. The molecule has 256 valence electrons. The zero-order valence-electron chi connectivity index (χ0n) is 27.0. The molecule has 1 saturated heterocycles. The van der Waals surface area contributed by atoms with Crippen molar-refractivity contribution in [1.29, 1.82) is 0 Å². The van der Waals surface area contributed by atoms with E-state index in [1.54, 1.807) is 12.1 Å². The first-order valence-corrected chi connectivity index (χ1v) is 16.7. The van der Waals surface area contributed by atoms with Gasteiger partial charge in [0, 0.05) is 29.5 Å². The van der Waals surface area contributed by atoms with Gasteiger partial charge in [0.25, 0.3) is 23.4 Å². The molecule has 0 unspecified atom stereocenters. The average molecular weight is 712 g/mol. The van der Waals surface area contributed by atoms with Gasteiger partial charge in [-0.2, -0.15) is 5.01 Å². The molecule has 0 radical (unpaired) electrons. The van der Waals surface area contributed by atoms with Crippen LogP contribution >= 0.6 is 11.6 Å². The number of imide groups is 1. The molecule has 0 spiro atoms. The number of hydrazine groups is 1. The lowest BCUT2D eigenvalue weighted by atomic mass is 9.55. The number of hydrogen-bond donors (Lipinski definition) is 0. The molecule has 2 bridgehead atoms. The molecule has 12 heteroatoms. The summed E-state index contributed by atoms with van der Waals surface area (Å²) < 4.78 is 5.37. The molecule has 0 aromatic heterocycles. The van der Waals surface area contributed by atoms with Gasteiger partial charge >= 0.3 is 5.97 Å². The normalized spacial score (nSPS) is 19.4. The van der Waals surface area contributed by atoms with Crippen LogP contribution in [0.15, 0.2) is 121 Å². The van der Waals surface area contributed by atoms with Gasteiger partial charge in [-0.1, -0.05) is 72.3 Å². The second-order valence-corrected chi connectivity index (χ2v) is 13.1. The molecule has 11 nitrogen and oxygen atoms in total. The topological polar surface area (TPSA) is 144 Å². The lowest BCUT2D eigenvalue weighted by molar-refractivity contribution is -0.384. The number of nitro benzene ring substituents is 1. The second-order valence-electron chi connectivity index (χ2n) is 12.7. The summed E-state index contributed by atoms with van der Waals surface area (Å²) in [5.74, 6) is -5.63. The van der Waals surface area contributed by atoms with Crippen molar-refractivity contribution in [3.63, 3.8) is 0 Å². The maximum Gasteiger partial charge on any atom is 0.343 e. The van der Waals surface area contributed by atoms with Gasteiger partial charge in [0.1, 0.15) is 12.3 Å². The molecule has 5 aromatic rings. The van der Waals surface area contributed by atoms with Crippen molar-refractivity contribution >= 4 is 46.8 Å². The summed E-state index contributed by atoms with van der Waals surface area (Å²) in [6.45, 7) is -0.669. The molecule has 0 N–H and O–H groups in total. The largest absolute Gasteiger partial charge is 0.423 e. The van der Waals surface area contributed by atoms with Crippen LogP contribution < -0.4 is 4.74 Å².